The summed E-state index contributed by atoms with van der Waals surface area (Å²) in [5.74, 6) is 0.362. The van der Waals surface area contributed by atoms with Gasteiger partial charge in [0.1, 0.15) is 5.75 Å². The van der Waals surface area contributed by atoms with Crippen molar-refractivity contribution in [2.45, 2.75) is 32.7 Å². The lowest BCUT2D eigenvalue weighted by Crippen LogP contribution is -2.42. The molecule has 1 N–H and O–H groups in total. The minimum Gasteiger partial charge on any atom is -0.484 e. The van der Waals surface area contributed by atoms with Crippen LogP contribution in [-0.4, -0.2) is 62.1 Å². The number of morpholine rings is 1. The Morgan fingerprint density at radius 3 is 2.40 bits per heavy atom. The molecule has 0 aromatic heterocycles. The Bertz CT molecular complexity index is 1030. The van der Waals surface area contributed by atoms with Gasteiger partial charge in [-0.1, -0.05) is 38.1 Å². The minimum atomic E-state index is -0.389. The molecule has 0 spiro atoms. The van der Waals surface area contributed by atoms with Crippen LogP contribution < -0.4 is 15.0 Å². The number of amides is 3. The predicted molar refractivity (Wildman–Crippen MR) is 132 cm³/mol. The zero-order valence-corrected chi connectivity index (χ0v) is 20.4. The highest BCUT2D eigenvalue weighted by Gasteiger charge is 2.35. The van der Waals surface area contributed by atoms with Gasteiger partial charge in [-0.3, -0.25) is 14.4 Å². The van der Waals surface area contributed by atoms with Gasteiger partial charge in [0.2, 0.25) is 11.8 Å². The molecular formula is C27H33N3O5. The van der Waals surface area contributed by atoms with Gasteiger partial charge in [-0.15, -0.1) is 0 Å². The van der Waals surface area contributed by atoms with Crippen molar-refractivity contribution >= 4 is 23.4 Å². The maximum atomic E-state index is 12.7. The molecule has 0 aliphatic carbocycles. The predicted octanol–water partition coefficient (Wildman–Crippen LogP) is 2.72. The third kappa shape index (κ3) is 6.39. The van der Waals surface area contributed by atoms with Crippen LogP contribution in [0.2, 0.25) is 0 Å². The van der Waals surface area contributed by atoms with E-state index in [-0.39, 0.29) is 36.7 Å². The van der Waals surface area contributed by atoms with Crippen molar-refractivity contribution in [2.75, 3.05) is 44.4 Å². The molecular weight excluding hydrogens is 446 g/mol. The molecule has 2 heterocycles. The van der Waals surface area contributed by atoms with E-state index in [2.05, 4.69) is 31.3 Å². The zero-order chi connectivity index (χ0) is 24.8. The van der Waals surface area contributed by atoms with E-state index in [1.807, 2.05) is 12.1 Å². The monoisotopic (exact) mass is 479 g/mol. The van der Waals surface area contributed by atoms with E-state index in [0.29, 0.717) is 56.7 Å². The van der Waals surface area contributed by atoms with Gasteiger partial charge in [0.15, 0.2) is 6.61 Å². The molecule has 1 atom stereocenters. The van der Waals surface area contributed by atoms with E-state index in [4.69, 9.17) is 9.47 Å². The first kappa shape index (κ1) is 24.7. The molecule has 2 saturated heterocycles. The highest BCUT2D eigenvalue weighted by atomic mass is 16.5. The molecule has 3 amide bonds. The summed E-state index contributed by atoms with van der Waals surface area (Å²) in [6.07, 6.45) is 0.185. The molecule has 186 valence electrons. The number of benzene rings is 2. The lowest BCUT2D eigenvalue weighted by atomic mass is 10.0. The number of carbonyl (C=O) groups is 3. The van der Waals surface area contributed by atoms with E-state index in [1.54, 1.807) is 34.1 Å². The summed E-state index contributed by atoms with van der Waals surface area (Å²) in [6.45, 7) is 7.30. The fraction of sp³-hybridized carbons (Fsp3) is 0.444. The van der Waals surface area contributed by atoms with Gasteiger partial charge in [0.25, 0.3) is 5.91 Å². The SMILES string of the molecule is CC(C)c1ccc(CNC(=O)[C@@H]2CC(=O)N(c3ccc(OCC(=O)N4CCOCC4)cc3)C2)cc1. The standard InChI is InChI=1S/C27H33N3O5/c1-19(2)21-5-3-20(4-6-21)16-28-27(33)22-15-25(31)30(17-22)23-7-9-24(10-8-23)35-18-26(32)29-11-13-34-14-12-29/h3-10,19,22H,11-18H2,1-2H3,(H,28,33)/t22-/m1/s1. The van der Waals surface area contributed by atoms with E-state index in [0.717, 1.165) is 5.56 Å². The van der Waals surface area contributed by atoms with Gasteiger partial charge < -0.3 is 24.6 Å². The Morgan fingerprint density at radius 2 is 1.74 bits per heavy atom. The molecule has 0 bridgehead atoms. The van der Waals surface area contributed by atoms with Crippen molar-refractivity contribution < 1.29 is 23.9 Å². The lowest BCUT2D eigenvalue weighted by Gasteiger charge is -2.26. The number of ether oxygens (including phenoxy) is 2. The third-order valence-corrected chi connectivity index (χ3v) is 6.48. The molecule has 2 aromatic carbocycles. The molecule has 0 unspecified atom stereocenters. The summed E-state index contributed by atoms with van der Waals surface area (Å²) in [7, 11) is 0. The maximum absolute atomic E-state index is 12.7. The van der Waals surface area contributed by atoms with E-state index >= 15 is 0 Å². The van der Waals surface area contributed by atoms with Crippen LogP contribution in [0.3, 0.4) is 0 Å². The number of anilines is 1. The number of carbonyl (C=O) groups excluding carboxylic acids is 3. The van der Waals surface area contributed by atoms with Crippen molar-refractivity contribution in [1.82, 2.24) is 10.2 Å². The third-order valence-electron chi connectivity index (χ3n) is 6.48. The van der Waals surface area contributed by atoms with Crippen molar-refractivity contribution in [3.8, 4) is 5.75 Å². The largest absolute Gasteiger partial charge is 0.484 e. The van der Waals surface area contributed by atoms with E-state index < -0.39 is 0 Å². The second-order valence-corrected chi connectivity index (χ2v) is 9.30. The Morgan fingerprint density at radius 1 is 1.06 bits per heavy atom. The van der Waals surface area contributed by atoms with Gasteiger partial charge in [0.05, 0.1) is 19.1 Å². The van der Waals surface area contributed by atoms with Crippen LogP contribution in [0.25, 0.3) is 0 Å². The highest BCUT2D eigenvalue weighted by Crippen LogP contribution is 2.27. The van der Waals surface area contributed by atoms with Gasteiger partial charge in [-0.05, 0) is 41.3 Å². The summed E-state index contributed by atoms with van der Waals surface area (Å²) < 4.78 is 10.9. The molecule has 4 rings (SSSR count). The highest BCUT2D eigenvalue weighted by molar-refractivity contribution is 6.00. The second kappa shape index (κ2) is 11.4. The molecule has 2 aliphatic rings. The van der Waals surface area contributed by atoms with Gasteiger partial charge in [0, 0.05) is 38.3 Å². The van der Waals surface area contributed by atoms with Gasteiger partial charge >= 0.3 is 0 Å². The zero-order valence-electron chi connectivity index (χ0n) is 20.4. The average molecular weight is 480 g/mol. The van der Waals surface area contributed by atoms with E-state index in [9.17, 15) is 14.4 Å². The first-order valence-electron chi connectivity index (χ1n) is 12.2. The summed E-state index contributed by atoms with van der Waals surface area (Å²) >= 11 is 0. The smallest absolute Gasteiger partial charge is 0.260 e. The van der Waals surface area contributed by atoms with Gasteiger partial charge in [-0.2, -0.15) is 0 Å². The number of rotatable bonds is 8. The summed E-state index contributed by atoms with van der Waals surface area (Å²) in [6, 6.07) is 15.3. The van der Waals surface area contributed by atoms with Crippen molar-refractivity contribution in [2.24, 2.45) is 5.92 Å². The summed E-state index contributed by atoms with van der Waals surface area (Å²) in [5, 5.41) is 2.96. The Hall–Kier alpha value is -3.39. The molecule has 2 fully saturated rings. The number of hydrogen-bond donors (Lipinski definition) is 1. The lowest BCUT2D eigenvalue weighted by molar-refractivity contribution is -0.137. The molecule has 2 aliphatic heterocycles. The average Bonchev–Trinajstić information content (AvgIpc) is 3.28. The molecule has 0 saturated carbocycles. The molecule has 0 radical (unpaired) electrons. The van der Waals surface area contributed by atoms with Crippen LogP contribution in [0, 0.1) is 5.92 Å². The Balaban J connectivity index is 1.26. The van der Waals surface area contributed by atoms with Crippen LogP contribution in [0.4, 0.5) is 5.69 Å². The van der Waals surface area contributed by atoms with Crippen molar-refractivity contribution in [1.29, 1.82) is 0 Å². The molecule has 35 heavy (non-hydrogen) atoms. The molecule has 2 aromatic rings. The van der Waals surface area contributed by atoms with Crippen LogP contribution in [0.1, 0.15) is 37.3 Å². The maximum Gasteiger partial charge on any atom is 0.260 e. The van der Waals surface area contributed by atoms with Crippen molar-refractivity contribution in [3.63, 3.8) is 0 Å². The number of nitrogens with zero attached hydrogens (tertiary/aromatic N) is 2. The first-order valence-corrected chi connectivity index (χ1v) is 12.2. The minimum absolute atomic E-state index is 0.0373. The Labute approximate surface area is 206 Å². The summed E-state index contributed by atoms with van der Waals surface area (Å²) in [4.78, 5) is 40.9. The molecule has 8 heteroatoms. The second-order valence-electron chi connectivity index (χ2n) is 9.30. The van der Waals surface area contributed by atoms with Crippen molar-refractivity contribution in [3.05, 3.63) is 59.7 Å². The first-order chi connectivity index (χ1) is 16.9. The normalized spacial score (nSPS) is 18.1. The fourth-order valence-corrected chi connectivity index (χ4v) is 4.26. The fourth-order valence-electron chi connectivity index (χ4n) is 4.26. The van der Waals surface area contributed by atoms with Crippen LogP contribution in [0.5, 0.6) is 5.75 Å². The van der Waals surface area contributed by atoms with Crippen LogP contribution in [-0.2, 0) is 25.7 Å². The number of hydrogen-bond acceptors (Lipinski definition) is 5. The van der Waals surface area contributed by atoms with Crippen LogP contribution >= 0.6 is 0 Å². The number of nitrogens with one attached hydrogen (secondary N) is 1. The Kier molecular flexibility index (Phi) is 8.02. The van der Waals surface area contributed by atoms with E-state index in [1.165, 1.54) is 5.56 Å². The van der Waals surface area contributed by atoms with Crippen LogP contribution in [0.15, 0.2) is 48.5 Å². The topological polar surface area (TPSA) is 88.2 Å². The summed E-state index contributed by atoms with van der Waals surface area (Å²) in [5.41, 5.74) is 3.00. The quantitative estimate of drug-likeness (QED) is 0.629. The van der Waals surface area contributed by atoms with Gasteiger partial charge in [-0.25, -0.2) is 0 Å². The molecule has 8 nitrogen and oxygen atoms in total.